The van der Waals surface area contributed by atoms with Crippen molar-refractivity contribution in [2.45, 2.75) is 39.0 Å². The van der Waals surface area contributed by atoms with E-state index in [9.17, 15) is 4.79 Å². The second-order valence-electron chi connectivity index (χ2n) is 9.33. The zero-order valence-corrected chi connectivity index (χ0v) is 18.8. The minimum atomic E-state index is -0.135. The summed E-state index contributed by atoms with van der Waals surface area (Å²) in [5, 5.41) is 0. The van der Waals surface area contributed by atoms with Gasteiger partial charge in [0.1, 0.15) is 17.5 Å². The van der Waals surface area contributed by atoms with Crippen molar-refractivity contribution in [3.63, 3.8) is 0 Å². The first-order valence-corrected chi connectivity index (χ1v) is 11.4. The van der Waals surface area contributed by atoms with Crippen LogP contribution in [0, 0.1) is 0 Å². The lowest BCUT2D eigenvalue weighted by Crippen LogP contribution is -2.55. The van der Waals surface area contributed by atoms with Gasteiger partial charge in [0, 0.05) is 50.4 Å². The monoisotopic (exact) mass is 420 g/mol. The Hall–Kier alpha value is -2.73. The minimum absolute atomic E-state index is 0.0775. The van der Waals surface area contributed by atoms with E-state index >= 15 is 0 Å². The van der Waals surface area contributed by atoms with Crippen LogP contribution in [-0.4, -0.2) is 66.9 Å². The van der Waals surface area contributed by atoms with Crippen molar-refractivity contribution in [1.82, 2.24) is 9.80 Å². The van der Waals surface area contributed by atoms with Gasteiger partial charge in [-0.25, -0.2) is 4.79 Å². The van der Waals surface area contributed by atoms with Crippen LogP contribution in [0.5, 0.6) is 5.75 Å². The SMILES string of the molecule is CCN1CC(N2CCN(c3cccc4c3OC(C)(C)C4)CC2)N(c2ccccc2)C1=O. The van der Waals surface area contributed by atoms with E-state index in [-0.39, 0.29) is 17.8 Å². The van der Waals surface area contributed by atoms with Crippen LogP contribution in [0.25, 0.3) is 0 Å². The van der Waals surface area contributed by atoms with Gasteiger partial charge in [-0.05, 0) is 39.0 Å². The molecule has 0 N–H and O–H groups in total. The number of hydrogen-bond donors (Lipinski definition) is 0. The number of amides is 2. The zero-order valence-electron chi connectivity index (χ0n) is 18.8. The van der Waals surface area contributed by atoms with Gasteiger partial charge in [0.2, 0.25) is 0 Å². The number of carbonyl (C=O) groups is 1. The first-order chi connectivity index (χ1) is 15.0. The van der Waals surface area contributed by atoms with Gasteiger partial charge in [-0.2, -0.15) is 0 Å². The number of urea groups is 1. The predicted molar refractivity (Wildman–Crippen MR) is 124 cm³/mol. The molecule has 0 aliphatic carbocycles. The molecule has 2 fully saturated rings. The van der Waals surface area contributed by atoms with Crippen molar-refractivity contribution < 1.29 is 9.53 Å². The molecule has 5 rings (SSSR count). The van der Waals surface area contributed by atoms with Crippen LogP contribution in [0.3, 0.4) is 0 Å². The first kappa shape index (κ1) is 20.2. The Labute approximate surface area is 185 Å². The largest absolute Gasteiger partial charge is 0.485 e. The molecule has 6 heteroatoms. The third-order valence-electron chi connectivity index (χ3n) is 6.72. The standard InChI is InChI=1S/C25H32N4O2/c1-4-26-18-22(29(24(26)30)20-10-6-5-7-11-20)28-15-13-27(14-16-28)21-12-8-9-19-17-25(2,3)31-23(19)21/h5-12,22H,4,13-18H2,1-3H3. The molecule has 3 heterocycles. The number of fused-ring (bicyclic) bond motifs is 1. The lowest BCUT2D eigenvalue weighted by Gasteiger charge is -2.41. The third kappa shape index (κ3) is 3.63. The molecule has 2 aromatic rings. The van der Waals surface area contributed by atoms with Crippen LogP contribution in [0.4, 0.5) is 16.2 Å². The number of nitrogens with zero attached hydrogens (tertiary/aromatic N) is 4. The molecule has 2 aromatic carbocycles. The van der Waals surface area contributed by atoms with Gasteiger partial charge >= 0.3 is 6.03 Å². The molecule has 0 radical (unpaired) electrons. The molecule has 6 nitrogen and oxygen atoms in total. The van der Waals surface area contributed by atoms with Crippen LogP contribution >= 0.6 is 0 Å². The summed E-state index contributed by atoms with van der Waals surface area (Å²) in [4.78, 5) is 21.9. The molecule has 0 aromatic heterocycles. The molecule has 3 aliphatic heterocycles. The second kappa shape index (κ2) is 7.75. The predicted octanol–water partition coefficient (Wildman–Crippen LogP) is 3.81. The Morgan fingerprint density at radius 1 is 1.00 bits per heavy atom. The number of piperazine rings is 1. The van der Waals surface area contributed by atoms with Crippen LogP contribution in [0.15, 0.2) is 48.5 Å². The van der Waals surface area contributed by atoms with Crippen molar-refractivity contribution >= 4 is 17.4 Å². The molecular weight excluding hydrogens is 388 g/mol. The van der Waals surface area contributed by atoms with E-state index in [0.717, 1.165) is 57.1 Å². The molecular formula is C25H32N4O2. The van der Waals surface area contributed by atoms with Gasteiger partial charge in [0.25, 0.3) is 0 Å². The summed E-state index contributed by atoms with van der Waals surface area (Å²) in [5.74, 6) is 1.06. The van der Waals surface area contributed by atoms with Gasteiger partial charge in [-0.15, -0.1) is 0 Å². The van der Waals surface area contributed by atoms with E-state index in [1.165, 1.54) is 11.3 Å². The average molecular weight is 421 g/mol. The average Bonchev–Trinajstić information content (AvgIpc) is 3.28. The maximum Gasteiger partial charge on any atom is 0.325 e. The van der Waals surface area contributed by atoms with Gasteiger partial charge in [0.05, 0.1) is 12.2 Å². The number of ether oxygens (including phenoxy) is 1. The summed E-state index contributed by atoms with van der Waals surface area (Å²) in [6, 6.07) is 16.7. The van der Waals surface area contributed by atoms with Gasteiger partial charge < -0.3 is 14.5 Å². The fraction of sp³-hybridized carbons (Fsp3) is 0.480. The second-order valence-corrected chi connectivity index (χ2v) is 9.33. The van der Waals surface area contributed by atoms with E-state index in [4.69, 9.17) is 4.74 Å². The van der Waals surface area contributed by atoms with Gasteiger partial charge in [-0.1, -0.05) is 30.3 Å². The molecule has 0 bridgehead atoms. The van der Waals surface area contributed by atoms with Crippen LogP contribution in [0.2, 0.25) is 0 Å². The van der Waals surface area contributed by atoms with Crippen LogP contribution in [0.1, 0.15) is 26.3 Å². The summed E-state index contributed by atoms with van der Waals surface area (Å²) < 4.78 is 6.31. The van der Waals surface area contributed by atoms with Crippen molar-refractivity contribution in [2.24, 2.45) is 0 Å². The maximum absolute atomic E-state index is 13.1. The molecule has 2 saturated heterocycles. The molecule has 0 saturated carbocycles. The molecule has 0 spiro atoms. The Bertz CT molecular complexity index is 953. The highest BCUT2D eigenvalue weighted by atomic mass is 16.5. The van der Waals surface area contributed by atoms with E-state index in [1.807, 2.05) is 40.1 Å². The number of hydrogen-bond acceptors (Lipinski definition) is 4. The Morgan fingerprint density at radius 2 is 1.74 bits per heavy atom. The number of rotatable bonds is 4. The van der Waals surface area contributed by atoms with Crippen molar-refractivity contribution in [2.75, 3.05) is 49.1 Å². The highest BCUT2D eigenvalue weighted by molar-refractivity contribution is 5.94. The summed E-state index contributed by atoms with van der Waals surface area (Å²) in [6.07, 6.45) is 1.04. The van der Waals surface area contributed by atoms with Gasteiger partial charge in [0.15, 0.2) is 0 Å². The molecule has 31 heavy (non-hydrogen) atoms. The topological polar surface area (TPSA) is 39.3 Å². The Morgan fingerprint density at radius 3 is 2.45 bits per heavy atom. The van der Waals surface area contributed by atoms with Crippen LogP contribution < -0.4 is 14.5 Å². The Balaban J connectivity index is 1.33. The summed E-state index contributed by atoms with van der Waals surface area (Å²) >= 11 is 0. The number of likely N-dealkylation sites (N-methyl/N-ethyl adjacent to an activating group) is 1. The number of carbonyl (C=O) groups excluding carboxylic acids is 1. The lowest BCUT2D eigenvalue weighted by atomic mass is 10.0. The van der Waals surface area contributed by atoms with Crippen LogP contribution in [-0.2, 0) is 6.42 Å². The highest BCUT2D eigenvalue weighted by Crippen LogP contribution is 2.42. The van der Waals surface area contributed by atoms with E-state index < -0.39 is 0 Å². The molecule has 3 aliphatic rings. The summed E-state index contributed by atoms with van der Waals surface area (Å²) in [7, 11) is 0. The minimum Gasteiger partial charge on any atom is -0.485 e. The zero-order chi connectivity index (χ0) is 21.6. The fourth-order valence-electron chi connectivity index (χ4n) is 5.16. The molecule has 2 amide bonds. The van der Waals surface area contributed by atoms with Crippen molar-refractivity contribution in [3.8, 4) is 5.75 Å². The Kier molecular flexibility index (Phi) is 5.05. The quantitative estimate of drug-likeness (QED) is 0.754. The highest BCUT2D eigenvalue weighted by Gasteiger charge is 2.42. The normalized spacial score (nSPS) is 23.3. The number of benzene rings is 2. The van der Waals surface area contributed by atoms with E-state index in [1.54, 1.807) is 0 Å². The summed E-state index contributed by atoms with van der Waals surface area (Å²) in [6.45, 7) is 11.6. The van der Waals surface area contributed by atoms with Gasteiger partial charge in [-0.3, -0.25) is 9.80 Å². The molecule has 164 valence electrons. The fourth-order valence-corrected chi connectivity index (χ4v) is 5.16. The number of anilines is 2. The van der Waals surface area contributed by atoms with E-state index in [0.29, 0.717) is 0 Å². The maximum atomic E-state index is 13.1. The van der Waals surface area contributed by atoms with Crippen molar-refractivity contribution in [3.05, 3.63) is 54.1 Å². The smallest absolute Gasteiger partial charge is 0.325 e. The third-order valence-corrected chi connectivity index (χ3v) is 6.72. The van der Waals surface area contributed by atoms with Crippen molar-refractivity contribution in [1.29, 1.82) is 0 Å². The lowest BCUT2D eigenvalue weighted by molar-refractivity contribution is 0.138. The number of para-hydroxylation sites is 2. The van der Waals surface area contributed by atoms with E-state index in [2.05, 4.69) is 48.8 Å². The molecule has 1 atom stereocenters. The molecule has 1 unspecified atom stereocenters. The first-order valence-electron chi connectivity index (χ1n) is 11.4. The summed E-state index contributed by atoms with van der Waals surface area (Å²) in [5.41, 5.74) is 3.36.